The van der Waals surface area contributed by atoms with Gasteiger partial charge in [-0.25, -0.2) is 4.98 Å². The fourth-order valence-electron chi connectivity index (χ4n) is 4.00. The maximum atomic E-state index is 5.48. The van der Waals surface area contributed by atoms with Gasteiger partial charge in [-0.2, -0.15) is 10.1 Å². The Morgan fingerprint density at radius 1 is 1.06 bits per heavy atom. The van der Waals surface area contributed by atoms with E-state index in [0.29, 0.717) is 0 Å². The van der Waals surface area contributed by atoms with E-state index >= 15 is 0 Å². The third kappa shape index (κ3) is 5.90. The molecule has 2 aliphatic heterocycles. The zero-order valence-corrected chi connectivity index (χ0v) is 19.3. The number of nitrogens with one attached hydrogen (secondary N) is 1. The van der Waals surface area contributed by atoms with Gasteiger partial charge in [-0.05, 0) is 24.8 Å². The Labute approximate surface area is 194 Å². The Bertz CT molecular complexity index is 920. The van der Waals surface area contributed by atoms with Crippen molar-refractivity contribution in [1.29, 1.82) is 0 Å². The van der Waals surface area contributed by atoms with E-state index in [0.717, 1.165) is 76.2 Å². The molecule has 0 atom stereocenters. The Morgan fingerprint density at radius 3 is 2.44 bits per heavy atom. The average molecular weight is 454 g/mol. The summed E-state index contributed by atoms with van der Waals surface area (Å²) in [5.74, 6) is 1.68. The van der Waals surface area contributed by atoms with Gasteiger partial charge in [0.1, 0.15) is 5.82 Å². The SMILES string of the molecule is CN1CCN(c2nc(N3CCN(Cc4ccccc4)CC3)ncc2C=NNC(N)=S)CC1. The fraction of sp³-hybridized carbons (Fsp3) is 0.455. The van der Waals surface area contributed by atoms with E-state index in [9.17, 15) is 0 Å². The van der Waals surface area contributed by atoms with Gasteiger partial charge in [0, 0.05) is 65.1 Å². The molecular formula is C22H31N9S. The molecule has 2 aromatic rings. The van der Waals surface area contributed by atoms with E-state index in [4.69, 9.17) is 22.9 Å². The van der Waals surface area contributed by atoms with Crippen LogP contribution >= 0.6 is 12.2 Å². The van der Waals surface area contributed by atoms with Crippen LogP contribution in [0.15, 0.2) is 41.6 Å². The summed E-state index contributed by atoms with van der Waals surface area (Å²) in [5, 5.41) is 4.26. The molecule has 0 saturated carbocycles. The lowest BCUT2D eigenvalue weighted by Crippen LogP contribution is -2.47. The molecule has 10 heteroatoms. The van der Waals surface area contributed by atoms with E-state index < -0.39 is 0 Å². The second-order valence-corrected chi connectivity index (χ2v) is 8.66. The number of hydrogen-bond donors (Lipinski definition) is 2. The molecule has 3 heterocycles. The number of nitrogens with two attached hydrogens (primary N) is 1. The highest BCUT2D eigenvalue weighted by Gasteiger charge is 2.23. The largest absolute Gasteiger partial charge is 0.375 e. The predicted molar refractivity (Wildman–Crippen MR) is 133 cm³/mol. The minimum atomic E-state index is 0.133. The molecule has 9 nitrogen and oxygen atoms in total. The van der Waals surface area contributed by atoms with Crippen LogP contribution in [0, 0.1) is 0 Å². The first-order valence-electron chi connectivity index (χ1n) is 11.0. The van der Waals surface area contributed by atoms with Gasteiger partial charge in [0.05, 0.1) is 11.8 Å². The number of aromatic nitrogens is 2. The Kier molecular flexibility index (Phi) is 7.46. The molecule has 1 aromatic carbocycles. The van der Waals surface area contributed by atoms with Crippen molar-refractivity contribution in [3.63, 3.8) is 0 Å². The van der Waals surface area contributed by atoms with Crippen LogP contribution in [-0.4, -0.2) is 90.5 Å². The number of piperazine rings is 2. The molecule has 4 rings (SSSR count). The van der Waals surface area contributed by atoms with Crippen LogP contribution < -0.4 is 21.0 Å². The van der Waals surface area contributed by atoms with Gasteiger partial charge in [-0.1, -0.05) is 30.3 Å². The van der Waals surface area contributed by atoms with E-state index in [1.165, 1.54) is 5.56 Å². The summed E-state index contributed by atoms with van der Waals surface area (Å²) in [6, 6.07) is 10.6. The monoisotopic (exact) mass is 453 g/mol. The van der Waals surface area contributed by atoms with E-state index in [2.05, 4.69) is 72.5 Å². The molecule has 0 unspecified atom stereocenters. The molecule has 0 radical (unpaired) electrons. The van der Waals surface area contributed by atoms with Crippen molar-refractivity contribution in [3.8, 4) is 0 Å². The lowest BCUT2D eigenvalue weighted by molar-refractivity contribution is 0.248. The highest BCUT2D eigenvalue weighted by Crippen LogP contribution is 2.22. The molecule has 32 heavy (non-hydrogen) atoms. The fourth-order valence-corrected chi connectivity index (χ4v) is 4.05. The van der Waals surface area contributed by atoms with Crippen LogP contribution in [0.25, 0.3) is 0 Å². The average Bonchev–Trinajstić information content (AvgIpc) is 2.81. The number of likely N-dealkylation sites (N-methyl/N-ethyl adjacent to an activating group) is 1. The molecule has 2 saturated heterocycles. The number of thiocarbonyl (C=S) groups is 1. The Hall–Kier alpha value is -2.82. The topological polar surface area (TPSA) is 89.2 Å². The maximum Gasteiger partial charge on any atom is 0.227 e. The number of hydrogen-bond acceptors (Lipinski definition) is 8. The van der Waals surface area contributed by atoms with Gasteiger partial charge in [-0.3, -0.25) is 10.3 Å². The summed E-state index contributed by atoms with van der Waals surface area (Å²) in [6.45, 7) is 8.61. The van der Waals surface area contributed by atoms with Crippen LogP contribution in [0.4, 0.5) is 11.8 Å². The van der Waals surface area contributed by atoms with Crippen LogP contribution in [0.5, 0.6) is 0 Å². The summed E-state index contributed by atoms with van der Waals surface area (Å²) < 4.78 is 0. The van der Waals surface area contributed by atoms with E-state index in [1.807, 2.05) is 6.20 Å². The van der Waals surface area contributed by atoms with Gasteiger partial charge < -0.3 is 20.4 Å². The van der Waals surface area contributed by atoms with Crippen molar-refractivity contribution in [2.75, 3.05) is 69.2 Å². The number of nitrogens with zero attached hydrogens (tertiary/aromatic N) is 7. The number of hydrazone groups is 1. The lowest BCUT2D eigenvalue weighted by Gasteiger charge is -2.36. The maximum absolute atomic E-state index is 5.48. The predicted octanol–water partition coefficient (Wildman–Crippen LogP) is 0.718. The van der Waals surface area contributed by atoms with Crippen LogP contribution in [0.3, 0.4) is 0 Å². The highest BCUT2D eigenvalue weighted by atomic mass is 32.1. The molecule has 0 spiro atoms. The Morgan fingerprint density at radius 2 is 1.75 bits per heavy atom. The van der Waals surface area contributed by atoms with E-state index in [1.54, 1.807) is 6.21 Å². The minimum Gasteiger partial charge on any atom is -0.375 e. The lowest BCUT2D eigenvalue weighted by atomic mass is 10.2. The molecular weight excluding hydrogens is 422 g/mol. The number of anilines is 2. The summed E-state index contributed by atoms with van der Waals surface area (Å²) >= 11 is 4.83. The molecule has 2 aliphatic rings. The summed E-state index contributed by atoms with van der Waals surface area (Å²) in [4.78, 5) is 19.0. The van der Waals surface area contributed by atoms with Gasteiger partial charge in [0.2, 0.25) is 5.95 Å². The minimum absolute atomic E-state index is 0.133. The van der Waals surface area contributed by atoms with Crippen LogP contribution in [0.2, 0.25) is 0 Å². The van der Waals surface area contributed by atoms with E-state index in [-0.39, 0.29) is 5.11 Å². The standard InChI is InChI=1S/C22H31N9S/c1-28-7-11-30(12-8-28)20-19(16-25-27-21(23)32)15-24-22(26-20)31-13-9-29(10-14-31)17-18-5-3-2-4-6-18/h2-6,15-16H,7-14,17H2,1H3,(H3,23,27,32). The first-order chi connectivity index (χ1) is 15.6. The second kappa shape index (κ2) is 10.7. The van der Waals surface area contributed by atoms with Crippen molar-refractivity contribution in [1.82, 2.24) is 25.2 Å². The first kappa shape index (κ1) is 22.4. The zero-order chi connectivity index (χ0) is 22.3. The third-order valence-electron chi connectivity index (χ3n) is 5.87. The molecule has 0 bridgehead atoms. The number of rotatable bonds is 6. The smallest absolute Gasteiger partial charge is 0.227 e. The van der Waals surface area contributed by atoms with Crippen molar-refractivity contribution in [2.24, 2.45) is 10.8 Å². The molecule has 170 valence electrons. The molecule has 1 aromatic heterocycles. The van der Waals surface area contributed by atoms with Gasteiger partial charge in [0.15, 0.2) is 5.11 Å². The van der Waals surface area contributed by atoms with Crippen molar-refractivity contribution < 1.29 is 0 Å². The van der Waals surface area contributed by atoms with Gasteiger partial charge in [0.25, 0.3) is 0 Å². The molecule has 0 amide bonds. The van der Waals surface area contributed by atoms with Crippen molar-refractivity contribution >= 4 is 35.3 Å². The number of benzene rings is 1. The van der Waals surface area contributed by atoms with Gasteiger partial charge in [-0.15, -0.1) is 0 Å². The third-order valence-corrected chi connectivity index (χ3v) is 5.96. The van der Waals surface area contributed by atoms with Crippen molar-refractivity contribution in [3.05, 3.63) is 47.7 Å². The molecule has 2 fully saturated rings. The quantitative estimate of drug-likeness (QED) is 0.373. The van der Waals surface area contributed by atoms with Crippen molar-refractivity contribution in [2.45, 2.75) is 6.54 Å². The summed E-state index contributed by atoms with van der Waals surface area (Å²) in [7, 11) is 2.14. The normalized spacial score (nSPS) is 18.3. The summed E-state index contributed by atoms with van der Waals surface area (Å²) in [5.41, 5.74) is 10.3. The van der Waals surface area contributed by atoms with Crippen LogP contribution in [0.1, 0.15) is 11.1 Å². The summed E-state index contributed by atoms with van der Waals surface area (Å²) in [6.07, 6.45) is 3.53. The first-order valence-corrected chi connectivity index (χ1v) is 11.4. The highest BCUT2D eigenvalue weighted by molar-refractivity contribution is 7.80. The van der Waals surface area contributed by atoms with Crippen LogP contribution in [-0.2, 0) is 6.54 Å². The molecule has 3 N–H and O–H groups in total. The zero-order valence-electron chi connectivity index (χ0n) is 18.5. The molecule has 0 aliphatic carbocycles. The second-order valence-electron chi connectivity index (χ2n) is 8.22. The van der Waals surface area contributed by atoms with Gasteiger partial charge >= 0.3 is 0 Å². The Balaban J connectivity index is 1.46.